The molecule has 1 aliphatic heterocycles. The molecule has 2 heterocycles. The number of carbonyl (C=O) groups is 1. The van der Waals surface area contributed by atoms with E-state index in [1.165, 1.54) is 0 Å². The molecule has 1 saturated heterocycles. The molecule has 1 atom stereocenters. The fraction of sp³-hybridized carbons (Fsp3) is 0.688. The average Bonchev–Trinajstić information content (AvgIpc) is 2.80. The second kappa shape index (κ2) is 7.09. The Hall–Kier alpha value is -1.33. The van der Waals surface area contributed by atoms with Crippen molar-refractivity contribution in [3.63, 3.8) is 0 Å². The normalized spacial score (nSPS) is 18.7. The van der Waals surface area contributed by atoms with Crippen LogP contribution in [0.25, 0.3) is 0 Å². The number of nitrogens with one attached hydrogen (secondary N) is 1. The Kier molecular flexibility index (Phi) is 5.42. The highest BCUT2D eigenvalue weighted by molar-refractivity contribution is 5.95. The summed E-state index contributed by atoms with van der Waals surface area (Å²) in [6.07, 6.45) is 2.40. The second-order valence-corrected chi connectivity index (χ2v) is 5.94. The van der Waals surface area contributed by atoms with Crippen molar-refractivity contribution in [3.8, 4) is 0 Å². The Morgan fingerprint density at radius 3 is 2.67 bits per heavy atom. The van der Waals surface area contributed by atoms with Crippen molar-refractivity contribution in [1.29, 1.82) is 0 Å². The van der Waals surface area contributed by atoms with E-state index < -0.39 is 0 Å². The Morgan fingerprint density at radius 2 is 2.14 bits per heavy atom. The predicted molar refractivity (Wildman–Crippen MR) is 81.4 cm³/mol. The van der Waals surface area contributed by atoms with Crippen molar-refractivity contribution in [2.24, 2.45) is 0 Å². The highest BCUT2D eigenvalue weighted by Gasteiger charge is 2.23. The quantitative estimate of drug-likeness (QED) is 0.870. The molecule has 5 nitrogen and oxygen atoms in total. The van der Waals surface area contributed by atoms with Gasteiger partial charge in [-0.2, -0.15) is 0 Å². The second-order valence-electron chi connectivity index (χ2n) is 5.94. The third-order valence-electron chi connectivity index (χ3n) is 4.15. The van der Waals surface area contributed by atoms with Gasteiger partial charge in [-0.05, 0) is 39.2 Å². The minimum Gasteiger partial charge on any atom is -0.466 e. The standard InChI is InChI=1S/C16H26N2O3/c1-4-14(19)10-18-7-5-13(6-8-18)17-16(20)15-9-11(2)21-12(15)3/h9,13-14,19H,4-8,10H2,1-3H3,(H,17,20). The fourth-order valence-corrected chi connectivity index (χ4v) is 2.81. The van der Waals surface area contributed by atoms with Gasteiger partial charge >= 0.3 is 0 Å². The molecular weight excluding hydrogens is 268 g/mol. The SMILES string of the molecule is CCC(O)CN1CCC(NC(=O)c2cc(C)oc2C)CC1. The molecule has 5 heteroatoms. The molecule has 0 radical (unpaired) electrons. The van der Waals surface area contributed by atoms with Crippen LogP contribution in [0.3, 0.4) is 0 Å². The topological polar surface area (TPSA) is 65.7 Å². The van der Waals surface area contributed by atoms with Gasteiger partial charge in [-0.25, -0.2) is 0 Å². The van der Waals surface area contributed by atoms with Crippen LogP contribution in [0, 0.1) is 13.8 Å². The van der Waals surface area contributed by atoms with E-state index in [2.05, 4.69) is 10.2 Å². The number of amides is 1. The van der Waals surface area contributed by atoms with Gasteiger partial charge in [0.15, 0.2) is 0 Å². The number of rotatable bonds is 5. The van der Waals surface area contributed by atoms with E-state index in [9.17, 15) is 9.90 Å². The molecule has 1 aromatic rings. The van der Waals surface area contributed by atoms with Crippen LogP contribution in [0.2, 0.25) is 0 Å². The minimum absolute atomic E-state index is 0.0450. The van der Waals surface area contributed by atoms with Crippen LogP contribution in [0.4, 0.5) is 0 Å². The first-order chi connectivity index (χ1) is 9.99. The first-order valence-corrected chi connectivity index (χ1v) is 7.78. The number of nitrogens with zero attached hydrogens (tertiary/aromatic N) is 1. The maximum atomic E-state index is 12.2. The van der Waals surface area contributed by atoms with E-state index in [4.69, 9.17) is 4.42 Å². The maximum absolute atomic E-state index is 12.2. The lowest BCUT2D eigenvalue weighted by Gasteiger charge is -2.33. The Bertz CT molecular complexity index is 476. The van der Waals surface area contributed by atoms with Crippen LogP contribution in [0.5, 0.6) is 0 Å². The number of aliphatic hydroxyl groups is 1. The third-order valence-corrected chi connectivity index (χ3v) is 4.15. The summed E-state index contributed by atoms with van der Waals surface area (Å²) in [6, 6.07) is 2.00. The number of likely N-dealkylation sites (tertiary alicyclic amines) is 1. The van der Waals surface area contributed by atoms with Crippen molar-refractivity contribution >= 4 is 5.91 Å². The summed E-state index contributed by atoms with van der Waals surface area (Å²) >= 11 is 0. The number of hydrogen-bond acceptors (Lipinski definition) is 4. The van der Waals surface area contributed by atoms with Crippen LogP contribution in [-0.4, -0.2) is 47.7 Å². The molecule has 0 spiro atoms. The van der Waals surface area contributed by atoms with Gasteiger partial charge in [0.05, 0.1) is 11.7 Å². The molecule has 0 aromatic carbocycles. The molecule has 21 heavy (non-hydrogen) atoms. The van der Waals surface area contributed by atoms with E-state index in [-0.39, 0.29) is 18.1 Å². The van der Waals surface area contributed by atoms with Gasteiger partial charge in [0.25, 0.3) is 5.91 Å². The lowest BCUT2D eigenvalue weighted by atomic mass is 10.0. The summed E-state index contributed by atoms with van der Waals surface area (Å²) < 4.78 is 5.40. The molecule has 0 aliphatic carbocycles. The zero-order valence-corrected chi connectivity index (χ0v) is 13.2. The van der Waals surface area contributed by atoms with Crippen molar-refractivity contribution in [2.45, 2.75) is 52.2 Å². The van der Waals surface area contributed by atoms with Crippen molar-refractivity contribution < 1.29 is 14.3 Å². The van der Waals surface area contributed by atoms with Crippen LogP contribution in [-0.2, 0) is 0 Å². The van der Waals surface area contributed by atoms with Gasteiger partial charge in [0, 0.05) is 25.7 Å². The smallest absolute Gasteiger partial charge is 0.255 e. The first-order valence-electron chi connectivity index (χ1n) is 7.78. The van der Waals surface area contributed by atoms with Crippen LogP contribution >= 0.6 is 0 Å². The van der Waals surface area contributed by atoms with Gasteiger partial charge in [-0.15, -0.1) is 0 Å². The molecule has 118 valence electrons. The highest BCUT2D eigenvalue weighted by Crippen LogP contribution is 2.16. The molecule has 1 fully saturated rings. The lowest BCUT2D eigenvalue weighted by molar-refractivity contribution is 0.0817. The zero-order valence-electron chi connectivity index (χ0n) is 13.2. The molecule has 1 aromatic heterocycles. The van der Waals surface area contributed by atoms with Gasteiger partial charge in [-0.3, -0.25) is 4.79 Å². The molecule has 1 amide bonds. The Morgan fingerprint density at radius 1 is 1.48 bits per heavy atom. The predicted octanol–water partition coefficient (Wildman–Crippen LogP) is 1.86. The number of carbonyl (C=O) groups excluding carboxylic acids is 1. The lowest BCUT2D eigenvalue weighted by Crippen LogP contribution is -2.46. The Balaban J connectivity index is 1.81. The minimum atomic E-state index is -0.243. The summed E-state index contributed by atoms with van der Waals surface area (Å²) in [6.45, 7) is 8.23. The van der Waals surface area contributed by atoms with E-state index in [1.54, 1.807) is 6.07 Å². The summed E-state index contributed by atoms with van der Waals surface area (Å²) in [5.41, 5.74) is 0.635. The number of piperidine rings is 1. The summed E-state index contributed by atoms with van der Waals surface area (Å²) in [7, 11) is 0. The van der Waals surface area contributed by atoms with Crippen molar-refractivity contribution in [1.82, 2.24) is 10.2 Å². The van der Waals surface area contributed by atoms with Gasteiger partial charge in [0.1, 0.15) is 11.5 Å². The number of β-amino-alcohol motifs (C(OH)–C–C–N with tert-alkyl or cyclic N) is 1. The highest BCUT2D eigenvalue weighted by atomic mass is 16.3. The molecule has 0 saturated carbocycles. The Labute approximate surface area is 126 Å². The fourth-order valence-electron chi connectivity index (χ4n) is 2.81. The van der Waals surface area contributed by atoms with Gasteiger partial charge in [0.2, 0.25) is 0 Å². The summed E-state index contributed by atoms with van der Waals surface area (Å²) in [5.74, 6) is 1.39. The van der Waals surface area contributed by atoms with E-state index in [1.807, 2.05) is 20.8 Å². The average molecular weight is 294 g/mol. The summed E-state index contributed by atoms with van der Waals surface area (Å²) in [5, 5.41) is 12.8. The monoisotopic (exact) mass is 294 g/mol. The van der Waals surface area contributed by atoms with Crippen LogP contribution in [0.15, 0.2) is 10.5 Å². The molecule has 2 rings (SSSR count). The van der Waals surface area contributed by atoms with E-state index >= 15 is 0 Å². The van der Waals surface area contributed by atoms with Gasteiger partial charge in [-0.1, -0.05) is 6.92 Å². The zero-order chi connectivity index (χ0) is 15.4. The van der Waals surface area contributed by atoms with E-state index in [0.717, 1.165) is 44.7 Å². The van der Waals surface area contributed by atoms with Crippen LogP contribution < -0.4 is 5.32 Å². The number of furan rings is 1. The van der Waals surface area contributed by atoms with Crippen LogP contribution in [0.1, 0.15) is 48.1 Å². The van der Waals surface area contributed by atoms with Crippen molar-refractivity contribution in [2.75, 3.05) is 19.6 Å². The van der Waals surface area contributed by atoms with Crippen molar-refractivity contribution in [3.05, 3.63) is 23.2 Å². The molecule has 2 N–H and O–H groups in total. The number of hydrogen-bond donors (Lipinski definition) is 2. The molecule has 0 bridgehead atoms. The number of aryl methyl sites for hydroxylation is 2. The third kappa shape index (κ3) is 4.32. The first kappa shape index (κ1) is 16.0. The summed E-state index contributed by atoms with van der Waals surface area (Å²) in [4.78, 5) is 14.5. The number of aliphatic hydroxyl groups excluding tert-OH is 1. The van der Waals surface area contributed by atoms with Gasteiger partial charge < -0.3 is 19.7 Å². The molecule has 1 unspecified atom stereocenters. The maximum Gasteiger partial charge on any atom is 0.255 e. The molecular formula is C16H26N2O3. The largest absolute Gasteiger partial charge is 0.466 e. The van der Waals surface area contributed by atoms with E-state index in [0.29, 0.717) is 11.3 Å². The molecule has 1 aliphatic rings.